The molecule has 2 aromatic rings. The summed E-state index contributed by atoms with van der Waals surface area (Å²) in [5.41, 5.74) is 8.94. The molecule has 0 aliphatic rings. The molecule has 0 atom stereocenters. The van der Waals surface area contributed by atoms with E-state index in [4.69, 9.17) is 10.5 Å². The summed E-state index contributed by atoms with van der Waals surface area (Å²) in [4.78, 5) is 12.5. The highest BCUT2D eigenvalue weighted by atomic mass is 16.5. The van der Waals surface area contributed by atoms with Crippen LogP contribution in [-0.2, 0) is 17.8 Å². The maximum Gasteiger partial charge on any atom is 0.255 e. The van der Waals surface area contributed by atoms with Crippen molar-refractivity contribution in [2.45, 2.75) is 13.0 Å². The number of carbonyl (C=O) groups is 1. The van der Waals surface area contributed by atoms with Crippen LogP contribution in [0.1, 0.15) is 21.5 Å². The third-order valence-corrected chi connectivity index (χ3v) is 3.24. The van der Waals surface area contributed by atoms with Crippen molar-refractivity contribution in [1.29, 1.82) is 0 Å². The van der Waals surface area contributed by atoms with E-state index in [1.807, 2.05) is 48.5 Å². The van der Waals surface area contributed by atoms with Crippen molar-refractivity contribution in [3.05, 3.63) is 65.2 Å². The van der Waals surface area contributed by atoms with E-state index >= 15 is 0 Å². The monoisotopic (exact) mass is 284 g/mol. The van der Waals surface area contributed by atoms with Gasteiger partial charge in [0.15, 0.2) is 0 Å². The third-order valence-electron chi connectivity index (χ3n) is 3.24. The number of hydrogen-bond donors (Lipinski definition) is 2. The fourth-order valence-electron chi connectivity index (χ4n) is 2.23. The van der Waals surface area contributed by atoms with Gasteiger partial charge >= 0.3 is 0 Å². The van der Waals surface area contributed by atoms with E-state index in [9.17, 15) is 4.79 Å². The molecule has 3 N–H and O–H groups in total. The van der Waals surface area contributed by atoms with E-state index in [2.05, 4.69) is 5.32 Å². The highest BCUT2D eigenvalue weighted by Crippen LogP contribution is 2.18. The van der Waals surface area contributed by atoms with Gasteiger partial charge in [-0.3, -0.25) is 4.79 Å². The molecule has 0 saturated heterocycles. The number of hydrogen-bond acceptors (Lipinski definition) is 3. The van der Waals surface area contributed by atoms with Gasteiger partial charge in [0.05, 0.1) is 6.61 Å². The van der Waals surface area contributed by atoms with Gasteiger partial charge in [-0.2, -0.15) is 0 Å². The first-order valence-electron chi connectivity index (χ1n) is 6.92. The minimum absolute atomic E-state index is 0.123. The zero-order valence-electron chi connectivity index (χ0n) is 12.1. The molecular weight excluding hydrogens is 264 g/mol. The first-order valence-corrected chi connectivity index (χ1v) is 6.92. The summed E-state index contributed by atoms with van der Waals surface area (Å²) in [6.07, 6.45) is 0.684. The van der Waals surface area contributed by atoms with Crippen LogP contribution in [0.25, 0.3) is 0 Å². The Kier molecular flexibility index (Phi) is 5.49. The summed E-state index contributed by atoms with van der Waals surface area (Å²) < 4.78 is 5.15. The fraction of sp³-hybridized carbons (Fsp3) is 0.235. The molecule has 0 fully saturated rings. The van der Waals surface area contributed by atoms with Crippen LogP contribution in [0.2, 0.25) is 0 Å². The maximum atomic E-state index is 12.5. The van der Waals surface area contributed by atoms with Gasteiger partial charge in [-0.15, -0.1) is 0 Å². The van der Waals surface area contributed by atoms with E-state index in [-0.39, 0.29) is 5.91 Å². The summed E-state index contributed by atoms with van der Waals surface area (Å²) in [6, 6.07) is 15.1. The Bertz CT molecular complexity index is 611. The molecule has 0 aliphatic heterocycles. The number of amides is 1. The molecule has 0 bridgehead atoms. The second-order valence-electron chi connectivity index (χ2n) is 4.74. The lowest BCUT2D eigenvalue weighted by atomic mass is 10.0. The van der Waals surface area contributed by atoms with Crippen molar-refractivity contribution in [2.75, 3.05) is 19.0 Å². The third kappa shape index (κ3) is 3.90. The smallest absolute Gasteiger partial charge is 0.255 e. The van der Waals surface area contributed by atoms with Gasteiger partial charge in [0.1, 0.15) is 0 Å². The zero-order chi connectivity index (χ0) is 15.1. The van der Waals surface area contributed by atoms with Crippen molar-refractivity contribution in [1.82, 2.24) is 0 Å². The Hall–Kier alpha value is -2.17. The van der Waals surface area contributed by atoms with Crippen LogP contribution in [-0.4, -0.2) is 19.6 Å². The lowest BCUT2D eigenvalue weighted by molar-refractivity contribution is 0.102. The molecule has 0 radical (unpaired) electrons. The van der Waals surface area contributed by atoms with Crippen LogP contribution >= 0.6 is 0 Å². The molecule has 4 heteroatoms. The van der Waals surface area contributed by atoms with E-state index < -0.39 is 0 Å². The molecule has 4 nitrogen and oxygen atoms in total. The first kappa shape index (κ1) is 15.2. The Morgan fingerprint density at radius 3 is 2.48 bits per heavy atom. The lowest BCUT2D eigenvalue weighted by Gasteiger charge is -2.12. The Labute approximate surface area is 124 Å². The minimum Gasteiger partial charge on any atom is -0.380 e. The fourth-order valence-corrected chi connectivity index (χ4v) is 2.23. The highest BCUT2D eigenvalue weighted by molar-refractivity contribution is 6.05. The number of carbonyl (C=O) groups excluding carboxylic acids is 1. The topological polar surface area (TPSA) is 64.3 Å². The second-order valence-corrected chi connectivity index (χ2v) is 4.74. The summed E-state index contributed by atoms with van der Waals surface area (Å²) >= 11 is 0. The molecule has 21 heavy (non-hydrogen) atoms. The average molecular weight is 284 g/mol. The molecule has 0 saturated carbocycles. The average Bonchev–Trinajstić information content (AvgIpc) is 2.50. The van der Waals surface area contributed by atoms with Crippen LogP contribution in [0.5, 0.6) is 0 Å². The van der Waals surface area contributed by atoms with Gasteiger partial charge in [-0.1, -0.05) is 36.4 Å². The zero-order valence-corrected chi connectivity index (χ0v) is 12.1. The quantitative estimate of drug-likeness (QED) is 0.857. The molecule has 110 valence electrons. The molecule has 2 rings (SSSR count). The van der Waals surface area contributed by atoms with Crippen molar-refractivity contribution >= 4 is 11.6 Å². The summed E-state index contributed by atoms with van der Waals surface area (Å²) in [5.74, 6) is -0.123. The minimum atomic E-state index is -0.123. The van der Waals surface area contributed by atoms with Gasteiger partial charge in [0, 0.05) is 23.9 Å². The van der Waals surface area contributed by atoms with Crippen molar-refractivity contribution in [3.8, 4) is 0 Å². The van der Waals surface area contributed by atoms with Crippen molar-refractivity contribution < 1.29 is 9.53 Å². The molecule has 0 aromatic heterocycles. The van der Waals surface area contributed by atoms with Crippen LogP contribution in [0.3, 0.4) is 0 Å². The molecule has 0 aliphatic carbocycles. The Morgan fingerprint density at radius 2 is 1.76 bits per heavy atom. The predicted molar refractivity (Wildman–Crippen MR) is 84.3 cm³/mol. The predicted octanol–water partition coefficient (Wildman–Crippen LogP) is 2.59. The van der Waals surface area contributed by atoms with Gasteiger partial charge < -0.3 is 15.8 Å². The second kappa shape index (κ2) is 7.57. The van der Waals surface area contributed by atoms with Crippen molar-refractivity contribution in [3.63, 3.8) is 0 Å². The van der Waals surface area contributed by atoms with E-state index in [0.717, 1.165) is 16.8 Å². The highest BCUT2D eigenvalue weighted by Gasteiger charge is 2.12. The molecular formula is C17H20N2O2. The van der Waals surface area contributed by atoms with Gasteiger partial charge in [0.2, 0.25) is 0 Å². The molecule has 0 unspecified atom stereocenters. The van der Waals surface area contributed by atoms with Crippen LogP contribution in [0.4, 0.5) is 5.69 Å². The molecule has 0 heterocycles. The maximum absolute atomic E-state index is 12.5. The van der Waals surface area contributed by atoms with E-state index in [1.54, 1.807) is 7.11 Å². The standard InChI is InChI=1S/C17H20N2O2/c1-21-12-14-7-3-5-9-16(14)19-17(20)15-8-4-2-6-13(15)10-11-18/h2-9H,10-12,18H2,1H3,(H,19,20). The summed E-state index contributed by atoms with van der Waals surface area (Å²) in [5, 5.41) is 2.95. The number of ether oxygens (including phenoxy) is 1. The molecule has 1 amide bonds. The van der Waals surface area contributed by atoms with E-state index in [1.165, 1.54) is 0 Å². The molecule has 2 aromatic carbocycles. The normalized spacial score (nSPS) is 10.4. The Balaban J connectivity index is 2.22. The van der Waals surface area contributed by atoms with Crippen molar-refractivity contribution in [2.24, 2.45) is 5.73 Å². The van der Waals surface area contributed by atoms with Crippen LogP contribution < -0.4 is 11.1 Å². The van der Waals surface area contributed by atoms with Gasteiger partial charge in [-0.05, 0) is 30.7 Å². The summed E-state index contributed by atoms with van der Waals surface area (Å²) in [7, 11) is 1.63. The van der Waals surface area contributed by atoms with E-state index in [0.29, 0.717) is 25.1 Å². The lowest BCUT2D eigenvalue weighted by Crippen LogP contribution is -2.17. The van der Waals surface area contributed by atoms with Crippen LogP contribution in [0.15, 0.2) is 48.5 Å². The number of benzene rings is 2. The molecule has 0 spiro atoms. The number of nitrogens with two attached hydrogens (primary N) is 1. The number of methoxy groups -OCH3 is 1. The number of rotatable bonds is 6. The van der Waals surface area contributed by atoms with Gasteiger partial charge in [0.25, 0.3) is 5.91 Å². The largest absolute Gasteiger partial charge is 0.380 e. The first-order chi connectivity index (χ1) is 10.3. The SMILES string of the molecule is COCc1ccccc1NC(=O)c1ccccc1CCN. The van der Waals surface area contributed by atoms with Gasteiger partial charge in [-0.25, -0.2) is 0 Å². The number of anilines is 1. The number of para-hydroxylation sites is 1. The summed E-state index contributed by atoms with van der Waals surface area (Å²) in [6.45, 7) is 0.978. The Morgan fingerprint density at radius 1 is 1.10 bits per heavy atom. The van der Waals surface area contributed by atoms with Crippen LogP contribution in [0, 0.1) is 0 Å². The number of nitrogens with one attached hydrogen (secondary N) is 1.